The molecule has 1 saturated heterocycles. The largest absolute Gasteiger partial charge is 0.376 e. The minimum atomic E-state index is -3.11. The van der Waals surface area contributed by atoms with Crippen LogP contribution in [0.1, 0.15) is 0 Å². The summed E-state index contributed by atoms with van der Waals surface area (Å²) >= 11 is 4.87. The minimum Gasteiger partial charge on any atom is -0.376 e. The van der Waals surface area contributed by atoms with Crippen LogP contribution in [0.3, 0.4) is 0 Å². The van der Waals surface area contributed by atoms with Gasteiger partial charge in [0.1, 0.15) is 0 Å². The van der Waals surface area contributed by atoms with Crippen molar-refractivity contribution in [3.8, 4) is 0 Å². The summed E-state index contributed by atoms with van der Waals surface area (Å²) in [6.45, 7) is 2.26. The summed E-state index contributed by atoms with van der Waals surface area (Å²) in [5.74, 6) is 0. The molecule has 1 aliphatic rings. The molecule has 0 saturated carbocycles. The Kier molecular flexibility index (Phi) is 4.46. The maximum Gasteiger partial charge on any atom is 0.211 e. The van der Waals surface area contributed by atoms with E-state index in [1.807, 2.05) is 24.3 Å². The van der Waals surface area contributed by atoms with Crippen molar-refractivity contribution in [1.29, 1.82) is 0 Å². The van der Waals surface area contributed by atoms with Gasteiger partial charge in [-0.1, -0.05) is 12.1 Å². The molecule has 0 radical (unpaired) electrons. The third kappa shape index (κ3) is 3.59. The molecule has 110 valence electrons. The van der Waals surface area contributed by atoms with Gasteiger partial charge in [-0.05, 0) is 24.4 Å². The number of nitrogens with two attached hydrogens (primary N) is 1. The Balaban J connectivity index is 2.13. The van der Waals surface area contributed by atoms with Crippen LogP contribution in [0.15, 0.2) is 24.3 Å². The number of nitrogens with one attached hydrogen (secondary N) is 1. The Morgan fingerprint density at radius 3 is 2.40 bits per heavy atom. The molecule has 0 atom stereocenters. The first-order chi connectivity index (χ1) is 9.38. The van der Waals surface area contributed by atoms with Crippen molar-refractivity contribution in [1.82, 2.24) is 4.31 Å². The second-order valence-corrected chi connectivity index (χ2v) is 7.08. The smallest absolute Gasteiger partial charge is 0.211 e. The van der Waals surface area contributed by atoms with Crippen LogP contribution >= 0.6 is 12.2 Å². The summed E-state index contributed by atoms with van der Waals surface area (Å²) in [6.07, 6.45) is 1.24. The summed E-state index contributed by atoms with van der Waals surface area (Å²) in [5, 5.41) is 3.16. The van der Waals surface area contributed by atoms with E-state index < -0.39 is 10.0 Å². The maximum absolute atomic E-state index is 11.5. The third-order valence-electron chi connectivity index (χ3n) is 3.21. The molecule has 0 aliphatic carbocycles. The van der Waals surface area contributed by atoms with E-state index in [4.69, 9.17) is 18.0 Å². The third-order valence-corrected chi connectivity index (χ3v) is 4.62. The highest BCUT2D eigenvalue weighted by molar-refractivity contribution is 7.88. The van der Waals surface area contributed by atoms with Gasteiger partial charge in [0.05, 0.1) is 17.6 Å². The lowest BCUT2D eigenvalue weighted by molar-refractivity contribution is 0.388. The molecule has 2 rings (SSSR count). The number of thiocarbonyl (C=S) groups is 1. The van der Waals surface area contributed by atoms with Crippen molar-refractivity contribution in [3.05, 3.63) is 24.3 Å². The number of hydrogen-bond acceptors (Lipinski definition) is 4. The predicted molar refractivity (Wildman–Crippen MR) is 85.5 cm³/mol. The highest BCUT2D eigenvalue weighted by Crippen LogP contribution is 2.26. The van der Waals surface area contributed by atoms with Crippen LogP contribution in [-0.2, 0) is 10.0 Å². The van der Waals surface area contributed by atoms with E-state index in [0.717, 1.165) is 11.4 Å². The lowest BCUT2D eigenvalue weighted by Crippen LogP contribution is -2.48. The molecular formula is C12H18N4O2S2. The van der Waals surface area contributed by atoms with E-state index in [1.54, 1.807) is 0 Å². The zero-order valence-electron chi connectivity index (χ0n) is 11.2. The molecule has 1 heterocycles. The molecule has 0 aromatic heterocycles. The molecule has 1 fully saturated rings. The van der Waals surface area contributed by atoms with E-state index in [2.05, 4.69) is 10.2 Å². The van der Waals surface area contributed by atoms with Crippen molar-refractivity contribution >= 4 is 38.7 Å². The van der Waals surface area contributed by atoms with Crippen LogP contribution in [0.25, 0.3) is 0 Å². The molecule has 6 nitrogen and oxygen atoms in total. The van der Waals surface area contributed by atoms with E-state index in [0.29, 0.717) is 26.2 Å². The van der Waals surface area contributed by atoms with Gasteiger partial charge in [0.15, 0.2) is 5.11 Å². The van der Waals surface area contributed by atoms with Gasteiger partial charge in [0, 0.05) is 26.2 Å². The molecule has 1 aliphatic heterocycles. The van der Waals surface area contributed by atoms with Gasteiger partial charge in [-0.3, -0.25) is 0 Å². The van der Waals surface area contributed by atoms with Gasteiger partial charge in [-0.15, -0.1) is 0 Å². The van der Waals surface area contributed by atoms with Gasteiger partial charge in [0.2, 0.25) is 10.0 Å². The molecule has 0 spiro atoms. The highest BCUT2D eigenvalue weighted by Gasteiger charge is 2.24. The predicted octanol–water partition coefficient (Wildman–Crippen LogP) is 0.424. The van der Waals surface area contributed by atoms with E-state index in [9.17, 15) is 8.42 Å². The average Bonchev–Trinajstić information content (AvgIpc) is 2.38. The van der Waals surface area contributed by atoms with Gasteiger partial charge in [-0.2, -0.15) is 4.31 Å². The fourth-order valence-electron chi connectivity index (χ4n) is 2.25. The van der Waals surface area contributed by atoms with Crippen LogP contribution in [-0.4, -0.2) is 50.3 Å². The zero-order chi connectivity index (χ0) is 14.8. The van der Waals surface area contributed by atoms with Gasteiger partial charge >= 0.3 is 0 Å². The number of piperazine rings is 1. The Morgan fingerprint density at radius 1 is 1.25 bits per heavy atom. The quantitative estimate of drug-likeness (QED) is 0.788. The number of anilines is 2. The number of benzene rings is 1. The second kappa shape index (κ2) is 5.94. The lowest BCUT2D eigenvalue weighted by atomic mass is 10.2. The first kappa shape index (κ1) is 15.0. The van der Waals surface area contributed by atoms with Crippen molar-refractivity contribution in [2.45, 2.75) is 0 Å². The van der Waals surface area contributed by atoms with Crippen molar-refractivity contribution in [2.24, 2.45) is 5.73 Å². The van der Waals surface area contributed by atoms with E-state index in [-0.39, 0.29) is 5.11 Å². The molecule has 0 unspecified atom stereocenters. The molecule has 3 N–H and O–H groups in total. The molecule has 0 bridgehead atoms. The van der Waals surface area contributed by atoms with Crippen LogP contribution in [0.5, 0.6) is 0 Å². The molecular weight excluding hydrogens is 296 g/mol. The number of sulfonamides is 1. The SMILES string of the molecule is CS(=O)(=O)N1CCN(c2ccccc2NC(N)=S)CC1. The Bertz CT molecular complexity index is 595. The number of hydrogen-bond donors (Lipinski definition) is 2. The van der Waals surface area contributed by atoms with Gasteiger partial charge < -0.3 is 16.0 Å². The summed E-state index contributed by atoms with van der Waals surface area (Å²) in [4.78, 5) is 2.13. The lowest BCUT2D eigenvalue weighted by Gasteiger charge is -2.35. The van der Waals surface area contributed by atoms with Crippen LogP contribution in [0, 0.1) is 0 Å². The molecule has 1 aromatic carbocycles. The fourth-order valence-corrected chi connectivity index (χ4v) is 3.19. The van der Waals surface area contributed by atoms with Crippen LogP contribution < -0.4 is 16.0 Å². The minimum absolute atomic E-state index is 0.215. The van der Waals surface area contributed by atoms with Crippen molar-refractivity contribution in [2.75, 3.05) is 42.7 Å². The number of para-hydroxylation sites is 2. The Labute approximate surface area is 124 Å². The monoisotopic (exact) mass is 314 g/mol. The van der Waals surface area contributed by atoms with E-state index >= 15 is 0 Å². The first-order valence-corrected chi connectivity index (χ1v) is 8.49. The van der Waals surface area contributed by atoms with Crippen molar-refractivity contribution in [3.63, 3.8) is 0 Å². The normalized spacial score (nSPS) is 16.9. The molecule has 0 amide bonds. The number of nitrogens with zero attached hydrogens (tertiary/aromatic N) is 2. The van der Waals surface area contributed by atoms with Crippen molar-refractivity contribution < 1.29 is 8.42 Å². The standard InChI is InChI=1S/C12H18N4O2S2/c1-20(17,18)16-8-6-15(7-9-16)11-5-3-2-4-10(11)14-12(13)19/h2-5H,6-9H2,1H3,(H3,13,14,19). The van der Waals surface area contributed by atoms with E-state index in [1.165, 1.54) is 10.6 Å². The van der Waals surface area contributed by atoms with Gasteiger partial charge in [-0.25, -0.2) is 8.42 Å². The number of rotatable bonds is 3. The summed E-state index contributed by atoms with van der Waals surface area (Å²) < 4.78 is 24.5. The molecule has 8 heteroatoms. The topological polar surface area (TPSA) is 78.7 Å². The maximum atomic E-state index is 11.5. The van der Waals surface area contributed by atoms with Crippen LogP contribution in [0.4, 0.5) is 11.4 Å². The Hall–Kier alpha value is -1.38. The fraction of sp³-hybridized carbons (Fsp3) is 0.417. The van der Waals surface area contributed by atoms with Crippen LogP contribution in [0.2, 0.25) is 0 Å². The second-order valence-electron chi connectivity index (χ2n) is 4.66. The molecule has 20 heavy (non-hydrogen) atoms. The molecule has 1 aromatic rings. The highest BCUT2D eigenvalue weighted by atomic mass is 32.2. The first-order valence-electron chi connectivity index (χ1n) is 6.23. The summed E-state index contributed by atoms with van der Waals surface area (Å²) in [7, 11) is -3.11. The summed E-state index contributed by atoms with van der Waals surface area (Å²) in [6, 6.07) is 7.70. The Morgan fingerprint density at radius 2 is 1.85 bits per heavy atom. The van der Waals surface area contributed by atoms with Gasteiger partial charge in [0.25, 0.3) is 0 Å². The summed E-state index contributed by atoms with van der Waals surface area (Å²) in [5.41, 5.74) is 7.34. The zero-order valence-corrected chi connectivity index (χ0v) is 12.9. The average molecular weight is 314 g/mol.